The van der Waals surface area contributed by atoms with Crippen LogP contribution >= 0.6 is 11.6 Å². The van der Waals surface area contributed by atoms with E-state index in [9.17, 15) is 13.9 Å². The third kappa shape index (κ3) is 2.51. The third-order valence-electron chi connectivity index (χ3n) is 4.06. The van der Waals surface area contributed by atoms with Crippen molar-refractivity contribution >= 4 is 22.5 Å². The van der Waals surface area contributed by atoms with E-state index in [1.807, 2.05) is 6.92 Å². The summed E-state index contributed by atoms with van der Waals surface area (Å²) in [4.78, 5) is 0. The first kappa shape index (κ1) is 15.9. The van der Waals surface area contributed by atoms with Gasteiger partial charge in [-0.3, -0.25) is 0 Å². The second-order valence-corrected chi connectivity index (χ2v) is 5.92. The Bertz CT molecular complexity index is 919. The summed E-state index contributed by atoms with van der Waals surface area (Å²) in [6.07, 6.45) is -1.17. The molecule has 0 saturated heterocycles. The van der Waals surface area contributed by atoms with Crippen LogP contribution in [0.2, 0.25) is 5.02 Å². The summed E-state index contributed by atoms with van der Waals surface area (Å²) >= 11 is 6.17. The Balaban J connectivity index is 2.44. The van der Waals surface area contributed by atoms with E-state index in [1.54, 1.807) is 23.7 Å². The van der Waals surface area contributed by atoms with E-state index >= 15 is 0 Å². The number of hydrogen-bond donors (Lipinski definition) is 2. The number of hydrogen-bond acceptors (Lipinski definition) is 2. The Hall–Kier alpha value is -1.95. The van der Waals surface area contributed by atoms with Gasteiger partial charge in [0.05, 0.1) is 11.2 Å². The number of nitrogens with two attached hydrogens (primary N) is 1. The van der Waals surface area contributed by atoms with Gasteiger partial charge in [-0.05, 0) is 36.8 Å². The van der Waals surface area contributed by atoms with E-state index < -0.39 is 17.9 Å². The predicted octanol–water partition coefficient (Wildman–Crippen LogP) is 4.03. The number of benzene rings is 2. The molecule has 1 heterocycles. The molecule has 1 unspecified atom stereocenters. The molecule has 120 valence electrons. The lowest BCUT2D eigenvalue weighted by Crippen LogP contribution is -2.14. The number of aryl methyl sites for hydroxylation is 2. The molecule has 0 fully saturated rings. The Labute approximate surface area is 136 Å². The van der Waals surface area contributed by atoms with Crippen molar-refractivity contribution in [1.29, 1.82) is 0 Å². The Morgan fingerprint density at radius 3 is 2.48 bits per heavy atom. The molecule has 3 N–H and O–H groups in total. The monoisotopic (exact) mass is 336 g/mol. The van der Waals surface area contributed by atoms with Gasteiger partial charge in [-0.1, -0.05) is 11.6 Å². The van der Waals surface area contributed by atoms with Crippen LogP contribution in [-0.4, -0.2) is 9.67 Å². The van der Waals surface area contributed by atoms with Crippen LogP contribution in [0.3, 0.4) is 0 Å². The fraction of sp³-hybridized carbons (Fsp3) is 0.176. The molecule has 1 aromatic heterocycles. The van der Waals surface area contributed by atoms with E-state index in [4.69, 9.17) is 17.3 Å². The molecule has 6 heteroatoms. The normalized spacial score (nSPS) is 12.8. The van der Waals surface area contributed by atoms with Gasteiger partial charge in [-0.25, -0.2) is 8.78 Å². The minimum Gasteiger partial charge on any atom is -0.373 e. The second-order valence-electron chi connectivity index (χ2n) is 5.49. The lowest BCUT2D eigenvalue weighted by molar-refractivity contribution is 0.177. The Kier molecular flexibility index (Phi) is 3.88. The lowest BCUT2D eigenvalue weighted by atomic mass is 10.0. The van der Waals surface area contributed by atoms with Crippen molar-refractivity contribution in [2.75, 3.05) is 0 Å². The van der Waals surface area contributed by atoms with Crippen LogP contribution in [0.4, 0.5) is 8.78 Å². The van der Waals surface area contributed by atoms with Gasteiger partial charge < -0.3 is 15.4 Å². The molecule has 0 radical (unpaired) electrons. The zero-order valence-corrected chi connectivity index (χ0v) is 13.3. The van der Waals surface area contributed by atoms with Crippen molar-refractivity contribution in [2.24, 2.45) is 12.8 Å². The minimum atomic E-state index is -1.17. The molecule has 0 spiro atoms. The van der Waals surface area contributed by atoms with Gasteiger partial charge in [0.2, 0.25) is 0 Å². The van der Waals surface area contributed by atoms with Gasteiger partial charge in [0.15, 0.2) is 0 Å². The summed E-state index contributed by atoms with van der Waals surface area (Å²) in [5.74, 6) is -1.33. The van der Waals surface area contributed by atoms with Crippen LogP contribution in [-0.2, 0) is 7.05 Å². The summed E-state index contributed by atoms with van der Waals surface area (Å²) in [7, 11) is 1.74. The van der Waals surface area contributed by atoms with Crippen molar-refractivity contribution in [1.82, 2.24) is 4.57 Å². The van der Waals surface area contributed by atoms with Crippen LogP contribution < -0.4 is 5.73 Å². The Morgan fingerprint density at radius 2 is 1.87 bits per heavy atom. The summed E-state index contributed by atoms with van der Waals surface area (Å²) in [6, 6.07) is 6.75. The summed E-state index contributed by atoms with van der Waals surface area (Å²) < 4.78 is 29.1. The van der Waals surface area contributed by atoms with Crippen LogP contribution in [0.15, 0.2) is 30.3 Å². The minimum absolute atomic E-state index is 0.234. The van der Waals surface area contributed by atoms with Gasteiger partial charge in [-0.2, -0.15) is 0 Å². The van der Waals surface area contributed by atoms with Crippen LogP contribution in [0.5, 0.6) is 0 Å². The molecule has 3 aromatic rings. The SMILES string of the molecule is Cc1c(C(N)O)n(C)c2c(-c3ccc(F)cc3F)cc(Cl)cc12. The molecule has 0 amide bonds. The number of aromatic nitrogens is 1. The maximum Gasteiger partial charge on any atom is 0.143 e. The van der Waals surface area contributed by atoms with E-state index in [-0.39, 0.29) is 5.56 Å². The number of halogens is 3. The number of rotatable bonds is 2. The molecule has 0 aliphatic carbocycles. The number of aliphatic hydroxyl groups is 1. The number of fused-ring (bicyclic) bond motifs is 1. The smallest absolute Gasteiger partial charge is 0.143 e. The molecule has 23 heavy (non-hydrogen) atoms. The average Bonchev–Trinajstić information content (AvgIpc) is 2.70. The zero-order valence-electron chi connectivity index (χ0n) is 12.6. The number of aliphatic hydroxyl groups excluding tert-OH is 1. The molecule has 0 bridgehead atoms. The van der Waals surface area contributed by atoms with Crippen LogP contribution in [0.25, 0.3) is 22.0 Å². The highest BCUT2D eigenvalue weighted by molar-refractivity contribution is 6.32. The molecule has 0 aliphatic rings. The molecule has 2 aromatic carbocycles. The Morgan fingerprint density at radius 1 is 1.17 bits per heavy atom. The molecule has 3 rings (SSSR count). The molecule has 0 saturated carbocycles. The van der Waals surface area contributed by atoms with Gasteiger partial charge in [0, 0.05) is 34.6 Å². The quantitative estimate of drug-likeness (QED) is 0.694. The van der Waals surface area contributed by atoms with E-state index in [1.165, 1.54) is 12.1 Å². The zero-order chi connectivity index (χ0) is 16.9. The van der Waals surface area contributed by atoms with Gasteiger partial charge in [0.1, 0.15) is 17.9 Å². The van der Waals surface area contributed by atoms with Crippen molar-refractivity contribution in [3.63, 3.8) is 0 Å². The molecule has 1 atom stereocenters. The standard InChI is InChI=1S/C17H15ClF2N2O/c1-8-12-5-9(18)6-13(11-4-3-10(19)7-14(11)20)16(12)22(2)15(8)17(21)23/h3-7,17,23H,21H2,1-2H3. The van der Waals surface area contributed by atoms with Crippen molar-refractivity contribution in [3.8, 4) is 11.1 Å². The third-order valence-corrected chi connectivity index (χ3v) is 4.28. The van der Waals surface area contributed by atoms with Crippen LogP contribution in [0.1, 0.15) is 17.5 Å². The highest BCUT2D eigenvalue weighted by atomic mass is 35.5. The second kappa shape index (κ2) is 5.60. The highest BCUT2D eigenvalue weighted by Gasteiger charge is 2.21. The summed E-state index contributed by atoms with van der Waals surface area (Å²) in [5, 5.41) is 11.0. The fourth-order valence-electron chi connectivity index (χ4n) is 3.09. The van der Waals surface area contributed by atoms with Crippen molar-refractivity contribution in [3.05, 3.63) is 58.2 Å². The van der Waals surface area contributed by atoms with E-state index in [0.29, 0.717) is 21.8 Å². The van der Waals surface area contributed by atoms with E-state index in [2.05, 4.69) is 0 Å². The lowest BCUT2D eigenvalue weighted by Gasteiger charge is -2.11. The molecule has 0 aliphatic heterocycles. The fourth-order valence-corrected chi connectivity index (χ4v) is 3.31. The van der Waals surface area contributed by atoms with Crippen LogP contribution in [0, 0.1) is 18.6 Å². The first-order valence-electron chi connectivity index (χ1n) is 6.98. The largest absolute Gasteiger partial charge is 0.373 e. The van der Waals surface area contributed by atoms with Crippen molar-refractivity contribution in [2.45, 2.75) is 13.2 Å². The van der Waals surface area contributed by atoms with Gasteiger partial charge in [0.25, 0.3) is 0 Å². The highest BCUT2D eigenvalue weighted by Crippen LogP contribution is 2.38. The van der Waals surface area contributed by atoms with E-state index in [0.717, 1.165) is 17.0 Å². The maximum atomic E-state index is 14.2. The molecule has 3 nitrogen and oxygen atoms in total. The molecular weight excluding hydrogens is 322 g/mol. The first-order chi connectivity index (χ1) is 10.8. The first-order valence-corrected chi connectivity index (χ1v) is 7.36. The maximum absolute atomic E-state index is 14.2. The molecular formula is C17H15ClF2N2O. The summed E-state index contributed by atoms with van der Waals surface area (Å²) in [5.41, 5.74) is 8.35. The number of nitrogens with zero attached hydrogens (tertiary/aromatic N) is 1. The van der Waals surface area contributed by atoms with Gasteiger partial charge in [-0.15, -0.1) is 0 Å². The van der Waals surface area contributed by atoms with Gasteiger partial charge >= 0.3 is 0 Å². The summed E-state index contributed by atoms with van der Waals surface area (Å²) in [6.45, 7) is 1.81. The predicted molar refractivity (Wildman–Crippen MR) is 87.2 cm³/mol. The topological polar surface area (TPSA) is 51.2 Å². The van der Waals surface area contributed by atoms with Crippen molar-refractivity contribution < 1.29 is 13.9 Å². The average molecular weight is 337 g/mol.